The number of aromatic nitrogens is 1. The third-order valence-electron chi connectivity index (χ3n) is 6.75. The average molecular weight is 421 g/mol. The second-order valence-corrected chi connectivity index (χ2v) is 9.02. The van der Waals surface area contributed by atoms with E-state index in [2.05, 4.69) is 11.4 Å². The Bertz CT molecular complexity index is 1050. The van der Waals surface area contributed by atoms with Gasteiger partial charge in [-0.25, -0.2) is 0 Å². The summed E-state index contributed by atoms with van der Waals surface area (Å²) < 4.78 is 1.93. The van der Waals surface area contributed by atoms with E-state index >= 15 is 0 Å². The first-order valence-corrected chi connectivity index (χ1v) is 11.1. The lowest BCUT2D eigenvalue weighted by Gasteiger charge is -2.43. The Morgan fingerprint density at radius 1 is 1.03 bits per heavy atom. The van der Waals surface area contributed by atoms with Crippen molar-refractivity contribution in [3.05, 3.63) is 69.6 Å². The highest BCUT2D eigenvalue weighted by molar-refractivity contribution is 5.79. The molecule has 4 heterocycles. The van der Waals surface area contributed by atoms with Gasteiger partial charge in [-0.15, -0.1) is 0 Å². The first-order valence-electron chi connectivity index (χ1n) is 11.1. The molecule has 3 aliphatic heterocycles. The molecule has 2 bridgehead atoms. The van der Waals surface area contributed by atoms with Gasteiger partial charge in [0, 0.05) is 56.4 Å². The summed E-state index contributed by atoms with van der Waals surface area (Å²) in [6.45, 7) is 4.28. The summed E-state index contributed by atoms with van der Waals surface area (Å²) in [6.07, 6.45) is 1.45. The largest absolute Gasteiger partial charge is 0.354 e. The van der Waals surface area contributed by atoms with E-state index in [9.17, 15) is 14.4 Å². The molecule has 1 N–H and O–H groups in total. The standard InChI is InChI=1S/C24H28N4O3/c29-22-16-26(9-8-25-22)14-19-6-7-21-20-10-18(13-28(21)24(19)31)12-27(15-20)23(30)11-17-4-2-1-3-5-17/h1-7,18,20H,8-16H2,(H,25,29)/t18-,20+/m0/s1. The lowest BCUT2D eigenvalue weighted by atomic mass is 9.82. The highest BCUT2D eigenvalue weighted by Gasteiger charge is 2.36. The SMILES string of the molecule is O=C1CN(Cc2ccc3n(c2=O)C[C@H]2C[C@@H]3CN(C(=O)Cc3ccccc3)C2)CCN1. The van der Waals surface area contributed by atoms with Crippen LogP contribution in [0.1, 0.15) is 29.2 Å². The first kappa shape index (κ1) is 20.0. The Balaban J connectivity index is 1.32. The molecule has 2 amide bonds. The van der Waals surface area contributed by atoms with E-state index < -0.39 is 0 Å². The fraction of sp³-hybridized carbons (Fsp3) is 0.458. The Kier molecular flexibility index (Phi) is 5.36. The summed E-state index contributed by atoms with van der Waals surface area (Å²) in [5.41, 5.74) is 2.88. The first-order chi connectivity index (χ1) is 15.1. The minimum Gasteiger partial charge on any atom is -0.354 e. The predicted molar refractivity (Wildman–Crippen MR) is 117 cm³/mol. The molecule has 1 aromatic heterocycles. The second-order valence-electron chi connectivity index (χ2n) is 9.02. The van der Waals surface area contributed by atoms with E-state index in [4.69, 9.17) is 0 Å². The fourth-order valence-electron chi connectivity index (χ4n) is 5.26. The number of fused-ring (bicyclic) bond motifs is 4. The van der Waals surface area contributed by atoms with Gasteiger partial charge in [0.1, 0.15) is 0 Å². The number of piperidine rings is 1. The molecule has 0 spiro atoms. The molecule has 7 nitrogen and oxygen atoms in total. The van der Waals surface area contributed by atoms with E-state index in [0.717, 1.165) is 29.8 Å². The fourth-order valence-corrected chi connectivity index (χ4v) is 5.26. The third-order valence-corrected chi connectivity index (χ3v) is 6.75. The molecule has 0 aliphatic carbocycles. The Morgan fingerprint density at radius 3 is 2.68 bits per heavy atom. The van der Waals surface area contributed by atoms with Gasteiger partial charge in [-0.1, -0.05) is 36.4 Å². The van der Waals surface area contributed by atoms with Crippen LogP contribution in [0.15, 0.2) is 47.3 Å². The van der Waals surface area contributed by atoms with Crippen molar-refractivity contribution in [1.29, 1.82) is 0 Å². The van der Waals surface area contributed by atoms with Crippen molar-refractivity contribution in [2.75, 3.05) is 32.7 Å². The number of hydrogen-bond donors (Lipinski definition) is 1. The molecule has 0 saturated carbocycles. The zero-order valence-corrected chi connectivity index (χ0v) is 17.6. The summed E-state index contributed by atoms with van der Waals surface area (Å²) in [4.78, 5) is 41.8. The topological polar surface area (TPSA) is 74.7 Å². The van der Waals surface area contributed by atoms with Crippen molar-refractivity contribution in [3.63, 3.8) is 0 Å². The van der Waals surface area contributed by atoms with Crippen LogP contribution in [0, 0.1) is 5.92 Å². The molecule has 1 aromatic carbocycles. The van der Waals surface area contributed by atoms with Crippen LogP contribution >= 0.6 is 0 Å². The summed E-state index contributed by atoms with van der Waals surface area (Å²) in [5.74, 6) is 0.685. The number of likely N-dealkylation sites (tertiary alicyclic amines) is 1. The van der Waals surface area contributed by atoms with Crippen LogP contribution in [0.5, 0.6) is 0 Å². The molecule has 31 heavy (non-hydrogen) atoms. The summed E-state index contributed by atoms with van der Waals surface area (Å²) >= 11 is 0. The molecule has 2 fully saturated rings. The van der Waals surface area contributed by atoms with Gasteiger partial charge in [-0.3, -0.25) is 19.3 Å². The van der Waals surface area contributed by atoms with Crippen LogP contribution in [-0.2, 0) is 29.1 Å². The van der Waals surface area contributed by atoms with Crippen molar-refractivity contribution in [1.82, 2.24) is 19.7 Å². The van der Waals surface area contributed by atoms with Crippen molar-refractivity contribution in [3.8, 4) is 0 Å². The van der Waals surface area contributed by atoms with E-state index in [1.165, 1.54) is 0 Å². The zero-order chi connectivity index (χ0) is 21.4. The van der Waals surface area contributed by atoms with E-state index in [0.29, 0.717) is 51.6 Å². The zero-order valence-electron chi connectivity index (χ0n) is 17.6. The molecule has 2 aromatic rings. The minimum atomic E-state index is 0.0131. The Hall–Kier alpha value is -2.93. The lowest BCUT2D eigenvalue weighted by Crippen LogP contribution is -2.50. The normalized spacial score (nSPS) is 23.2. The number of carbonyl (C=O) groups is 2. The van der Waals surface area contributed by atoms with Crippen molar-refractivity contribution in [2.24, 2.45) is 5.92 Å². The number of pyridine rings is 1. The molecular weight excluding hydrogens is 392 g/mol. The van der Waals surface area contributed by atoms with Crippen LogP contribution in [0.4, 0.5) is 0 Å². The highest BCUT2D eigenvalue weighted by Crippen LogP contribution is 2.35. The summed E-state index contributed by atoms with van der Waals surface area (Å²) in [5, 5.41) is 2.82. The number of rotatable bonds is 4. The van der Waals surface area contributed by atoms with E-state index in [1.54, 1.807) is 0 Å². The van der Waals surface area contributed by atoms with Gasteiger partial charge >= 0.3 is 0 Å². The molecule has 2 saturated heterocycles. The van der Waals surface area contributed by atoms with Crippen LogP contribution in [0.25, 0.3) is 0 Å². The maximum absolute atomic E-state index is 13.2. The average Bonchev–Trinajstić information content (AvgIpc) is 2.77. The van der Waals surface area contributed by atoms with Crippen LogP contribution in [0.3, 0.4) is 0 Å². The maximum atomic E-state index is 13.2. The van der Waals surface area contributed by atoms with Crippen LogP contribution in [0.2, 0.25) is 0 Å². The van der Waals surface area contributed by atoms with Crippen molar-refractivity contribution < 1.29 is 9.59 Å². The maximum Gasteiger partial charge on any atom is 0.255 e. The second kappa shape index (κ2) is 8.30. The third kappa shape index (κ3) is 4.14. The van der Waals surface area contributed by atoms with Gasteiger partial charge in [0.15, 0.2) is 0 Å². The summed E-state index contributed by atoms with van der Waals surface area (Å²) in [6, 6.07) is 13.9. The van der Waals surface area contributed by atoms with Crippen LogP contribution < -0.4 is 10.9 Å². The molecular formula is C24H28N4O3. The van der Waals surface area contributed by atoms with Crippen molar-refractivity contribution in [2.45, 2.75) is 31.8 Å². The van der Waals surface area contributed by atoms with Gasteiger partial charge in [-0.05, 0) is 24.0 Å². The van der Waals surface area contributed by atoms with Gasteiger partial charge < -0.3 is 14.8 Å². The quantitative estimate of drug-likeness (QED) is 0.800. The van der Waals surface area contributed by atoms with Gasteiger partial charge in [0.2, 0.25) is 11.8 Å². The van der Waals surface area contributed by atoms with Gasteiger partial charge in [0.05, 0.1) is 13.0 Å². The van der Waals surface area contributed by atoms with E-state index in [-0.39, 0.29) is 23.3 Å². The number of nitrogens with one attached hydrogen (secondary N) is 1. The molecule has 0 radical (unpaired) electrons. The minimum absolute atomic E-state index is 0.0131. The van der Waals surface area contributed by atoms with Gasteiger partial charge in [-0.2, -0.15) is 0 Å². The number of amides is 2. The molecule has 2 atom stereocenters. The Labute approximate surface area is 181 Å². The lowest BCUT2D eigenvalue weighted by molar-refractivity contribution is -0.133. The molecule has 5 rings (SSSR count). The molecule has 162 valence electrons. The number of benzene rings is 1. The number of piperazine rings is 1. The van der Waals surface area contributed by atoms with Crippen molar-refractivity contribution >= 4 is 11.8 Å². The monoisotopic (exact) mass is 420 g/mol. The smallest absolute Gasteiger partial charge is 0.255 e. The highest BCUT2D eigenvalue weighted by atomic mass is 16.2. The summed E-state index contributed by atoms with van der Waals surface area (Å²) in [7, 11) is 0. The number of carbonyl (C=O) groups excluding carboxylic acids is 2. The van der Waals surface area contributed by atoms with Gasteiger partial charge in [0.25, 0.3) is 5.56 Å². The molecule has 3 aliphatic rings. The number of nitrogens with zero attached hydrogens (tertiary/aromatic N) is 3. The number of hydrogen-bond acceptors (Lipinski definition) is 4. The van der Waals surface area contributed by atoms with Crippen LogP contribution in [-0.4, -0.2) is 58.9 Å². The molecule has 0 unspecified atom stereocenters. The molecule has 7 heteroatoms. The predicted octanol–water partition coefficient (Wildman–Crippen LogP) is 0.968. The van der Waals surface area contributed by atoms with E-state index in [1.807, 2.05) is 50.8 Å². The Morgan fingerprint density at radius 2 is 1.87 bits per heavy atom.